The van der Waals surface area contributed by atoms with Crippen molar-refractivity contribution in [2.45, 2.75) is 25.1 Å². The van der Waals surface area contributed by atoms with E-state index in [-0.39, 0.29) is 6.04 Å². The van der Waals surface area contributed by atoms with Crippen molar-refractivity contribution in [1.82, 2.24) is 4.98 Å². The van der Waals surface area contributed by atoms with Gasteiger partial charge in [0.2, 0.25) is 0 Å². The van der Waals surface area contributed by atoms with Crippen LogP contribution in [0.3, 0.4) is 0 Å². The van der Waals surface area contributed by atoms with Gasteiger partial charge < -0.3 is 4.90 Å². The first kappa shape index (κ1) is 13.9. The molecule has 1 aliphatic rings. The van der Waals surface area contributed by atoms with Crippen LogP contribution in [-0.2, 0) is 6.18 Å². The van der Waals surface area contributed by atoms with Crippen LogP contribution < -0.4 is 4.90 Å². The molecule has 3 rings (SSSR count). The predicted molar refractivity (Wildman–Crippen MR) is 75.0 cm³/mol. The maximum atomic E-state index is 12.6. The van der Waals surface area contributed by atoms with Gasteiger partial charge in [0.05, 0.1) is 6.04 Å². The lowest BCUT2D eigenvalue weighted by Crippen LogP contribution is -2.22. The molecule has 0 bridgehead atoms. The fraction of sp³-hybridized carbons (Fsp3) is 0.312. The van der Waals surface area contributed by atoms with Crippen molar-refractivity contribution in [3.63, 3.8) is 0 Å². The Labute approximate surface area is 121 Å². The van der Waals surface area contributed by atoms with Gasteiger partial charge in [-0.2, -0.15) is 13.2 Å². The molecule has 1 fully saturated rings. The molecule has 2 nitrogen and oxygen atoms in total. The van der Waals surface area contributed by atoms with Gasteiger partial charge in [-0.3, -0.25) is 4.98 Å². The lowest BCUT2D eigenvalue weighted by atomic mass is 10.1. The van der Waals surface area contributed by atoms with Gasteiger partial charge in [-0.25, -0.2) is 0 Å². The third-order valence-electron chi connectivity index (χ3n) is 3.80. The maximum absolute atomic E-state index is 12.6. The molecule has 0 N–H and O–H groups in total. The van der Waals surface area contributed by atoms with E-state index in [1.54, 1.807) is 6.07 Å². The largest absolute Gasteiger partial charge is 0.433 e. The fourth-order valence-electron chi connectivity index (χ4n) is 2.81. The zero-order valence-corrected chi connectivity index (χ0v) is 11.3. The van der Waals surface area contributed by atoms with Crippen molar-refractivity contribution in [1.29, 1.82) is 0 Å². The number of aromatic nitrogens is 1. The van der Waals surface area contributed by atoms with Crippen LogP contribution in [0, 0.1) is 0 Å². The van der Waals surface area contributed by atoms with E-state index in [0.29, 0.717) is 0 Å². The average molecular weight is 292 g/mol. The number of rotatable bonds is 2. The van der Waals surface area contributed by atoms with Crippen molar-refractivity contribution in [3.8, 4) is 0 Å². The summed E-state index contributed by atoms with van der Waals surface area (Å²) in [7, 11) is 0. The average Bonchev–Trinajstić information content (AvgIpc) is 2.97. The minimum atomic E-state index is -4.38. The molecular weight excluding hydrogens is 277 g/mol. The van der Waals surface area contributed by atoms with Crippen LogP contribution in [0.4, 0.5) is 18.9 Å². The number of hydrogen-bond acceptors (Lipinski definition) is 2. The Hall–Kier alpha value is -2.04. The molecule has 1 aliphatic heterocycles. The van der Waals surface area contributed by atoms with Crippen LogP contribution in [0.25, 0.3) is 0 Å². The Bertz CT molecular complexity index is 593. The van der Waals surface area contributed by atoms with Gasteiger partial charge in [0.25, 0.3) is 0 Å². The second-order valence-electron chi connectivity index (χ2n) is 5.16. The lowest BCUT2D eigenvalue weighted by Gasteiger charge is -2.27. The first-order valence-electron chi connectivity index (χ1n) is 6.90. The van der Waals surface area contributed by atoms with Gasteiger partial charge in [0, 0.05) is 18.4 Å². The number of anilines is 1. The Morgan fingerprint density at radius 1 is 1.05 bits per heavy atom. The van der Waals surface area contributed by atoms with Crippen molar-refractivity contribution in [3.05, 3.63) is 59.9 Å². The molecular formula is C16H15F3N2. The molecule has 0 aliphatic carbocycles. The summed E-state index contributed by atoms with van der Waals surface area (Å²) in [6.07, 6.45) is -1.06. The quantitative estimate of drug-likeness (QED) is 0.813. The Morgan fingerprint density at radius 3 is 2.43 bits per heavy atom. The molecule has 2 aromatic rings. The number of pyridine rings is 1. The molecule has 2 heterocycles. The monoisotopic (exact) mass is 292 g/mol. The molecule has 0 radical (unpaired) electrons. The molecule has 1 unspecified atom stereocenters. The molecule has 1 saturated heterocycles. The zero-order chi connectivity index (χ0) is 14.9. The topological polar surface area (TPSA) is 16.1 Å². The third-order valence-corrected chi connectivity index (χ3v) is 3.80. The van der Waals surface area contributed by atoms with Crippen LogP contribution in [0.5, 0.6) is 0 Å². The highest BCUT2D eigenvalue weighted by Crippen LogP contribution is 2.36. The minimum absolute atomic E-state index is 0.0992. The standard InChI is InChI=1S/C16H15F3N2/c17-16(18,19)15-9-8-12(11-20-15)14-7-4-10-21(14)13-5-2-1-3-6-13/h1-3,5-6,8-9,11,14H,4,7,10H2. The second-order valence-corrected chi connectivity index (χ2v) is 5.16. The van der Waals surface area contributed by atoms with Gasteiger partial charge in [-0.1, -0.05) is 24.3 Å². The number of hydrogen-bond donors (Lipinski definition) is 0. The third kappa shape index (κ3) is 2.86. The summed E-state index contributed by atoms with van der Waals surface area (Å²) in [5.74, 6) is 0. The van der Waals surface area contributed by atoms with E-state index in [1.807, 2.05) is 30.3 Å². The SMILES string of the molecule is FC(F)(F)c1ccc(C2CCCN2c2ccccc2)cn1. The van der Waals surface area contributed by atoms with E-state index in [0.717, 1.165) is 36.7 Å². The maximum Gasteiger partial charge on any atom is 0.433 e. The van der Waals surface area contributed by atoms with E-state index in [1.165, 1.54) is 6.20 Å². The van der Waals surface area contributed by atoms with Crippen molar-refractivity contribution < 1.29 is 13.2 Å². The van der Waals surface area contributed by atoms with E-state index in [2.05, 4.69) is 9.88 Å². The smallest absolute Gasteiger partial charge is 0.364 e. The highest BCUT2D eigenvalue weighted by molar-refractivity contribution is 5.49. The van der Waals surface area contributed by atoms with Crippen molar-refractivity contribution >= 4 is 5.69 Å². The second kappa shape index (κ2) is 5.39. The van der Waals surface area contributed by atoms with Crippen molar-refractivity contribution in [2.24, 2.45) is 0 Å². The molecule has 1 aromatic carbocycles. The van der Waals surface area contributed by atoms with Gasteiger partial charge in [-0.05, 0) is 36.6 Å². The molecule has 5 heteroatoms. The zero-order valence-electron chi connectivity index (χ0n) is 11.3. The fourth-order valence-corrected chi connectivity index (χ4v) is 2.81. The molecule has 1 aromatic heterocycles. The molecule has 0 saturated carbocycles. The highest BCUT2D eigenvalue weighted by atomic mass is 19.4. The minimum Gasteiger partial charge on any atom is -0.364 e. The Kier molecular flexibility index (Phi) is 3.57. The van der Waals surface area contributed by atoms with Gasteiger partial charge in [0.15, 0.2) is 0 Å². The van der Waals surface area contributed by atoms with Crippen LogP contribution in [0.15, 0.2) is 48.7 Å². The molecule has 1 atom stereocenters. The van der Waals surface area contributed by atoms with Crippen LogP contribution in [0.2, 0.25) is 0 Å². The molecule has 0 spiro atoms. The molecule has 21 heavy (non-hydrogen) atoms. The van der Waals surface area contributed by atoms with E-state index < -0.39 is 11.9 Å². The summed E-state index contributed by atoms with van der Waals surface area (Å²) < 4.78 is 37.7. The number of para-hydroxylation sites is 1. The summed E-state index contributed by atoms with van der Waals surface area (Å²) in [5, 5.41) is 0. The van der Waals surface area contributed by atoms with E-state index in [9.17, 15) is 13.2 Å². The molecule has 0 amide bonds. The predicted octanol–water partition coefficient (Wildman–Crippen LogP) is 4.44. The number of halogens is 3. The number of nitrogens with zero attached hydrogens (tertiary/aromatic N) is 2. The molecule has 110 valence electrons. The van der Waals surface area contributed by atoms with Gasteiger partial charge in [0.1, 0.15) is 5.69 Å². The Balaban J connectivity index is 1.86. The van der Waals surface area contributed by atoms with Gasteiger partial charge >= 0.3 is 6.18 Å². The van der Waals surface area contributed by atoms with Crippen LogP contribution in [-0.4, -0.2) is 11.5 Å². The van der Waals surface area contributed by atoms with Crippen LogP contribution >= 0.6 is 0 Å². The number of alkyl halides is 3. The van der Waals surface area contributed by atoms with Gasteiger partial charge in [-0.15, -0.1) is 0 Å². The summed E-state index contributed by atoms with van der Waals surface area (Å²) in [4.78, 5) is 5.80. The first-order valence-corrected chi connectivity index (χ1v) is 6.90. The normalized spacial score (nSPS) is 19.0. The summed E-state index contributed by atoms with van der Waals surface area (Å²) in [5.41, 5.74) is 1.10. The lowest BCUT2D eigenvalue weighted by molar-refractivity contribution is -0.141. The van der Waals surface area contributed by atoms with E-state index in [4.69, 9.17) is 0 Å². The summed E-state index contributed by atoms with van der Waals surface area (Å²) in [6.45, 7) is 0.912. The van der Waals surface area contributed by atoms with Crippen LogP contribution in [0.1, 0.15) is 30.1 Å². The first-order chi connectivity index (χ1) is 10.1. The summed E-state index contributed by atoms with van der Waals surface area (Å²) in [6, 6.07) is 12.6. The van der Waals surface area contributed by atoms with E-state index >= 15 is 0 Å². The summed E-state index contributed by atoms with van der Waals surface area (Å²) >= 11 is 0. The Morgan fingerprint density at radius 2 is 1.81 bits per heavy atom. The highest BCUT2D eigenvalue weighted by Gasteiger charge is 2.33. The number of benzene rings is 1. The van der Waals surface area contributed by atoms with Crippen molar-refractivity contribution in [2.75, 3.05) is 11.4 Å².